The van der Waals surface area contributed by atoms with Crippen molar-refractivity contribution in [2.75, 3.05) is 71.0 Å². The maximum atomic E-state index is 13.4. The summed E-state index contributed by atoms with van der Waals surface area (Å²) in [5, 5.41) is 14.9. The van der Waals surface area contributed by atoms with Gasteiger partial charge in [-0.3, -0.25) is 34.6 Å². The molecule has 348 valence electrons. The highest BCUT2D eigenvalue weighted by Gasteiger charge is 2.42. The number of aromatic nitrogens is 2. The summed E-state index contributed by atoms with van der Waals surface area (Å²) in [7, 11) is 1.67. The number of imide groups is 1. The minimum absolute atomic E-state index is 0. The fourth-order valence-electron chi connectivity index (χ4n) is 11.0. The van der Waals surface area contributed by atoms with Crippen molar-refractivity contribution >= 4 is 45.8 Å². The van der Waals surface area contributed by atoms with E-state index < -0.39 is 11.9 Å². The molecule has 10 rings (SSSR count). The number of benzene rings is 2. The predicted octanol–water partition coefficient (Wildman–Crippen LogP) is 6.11. The first-order valence-electron chi connectivity index (χ1n) is 24.0. The van der Waals surface area contributed by atoms with Crippen molar-refractivity contribution < 1.29 is 26.7 Å². The molecule has 7 aliphatic rings. The van der Waals surface area contributed by atoms with E-state index in [-0.39, 0.29) is 26.7 Å². The van der Waals surface area contributed by atoms with Crippen molar-refractivity contribution in [3.05, 3.63) is 53.2 Å². The monoisotopic (exact) mass is 881 g/mol. The Hall–Kier alpha value is -5.15. The van der Waals surface area contributed by atoms with Crippen molar-refractivity contribution in [2.24, 2.45) is 16.8 Å². The summed E-state index contributed by atoms with van der Waals surface area (Å²) in [6.45, 7) is 20.3. The second kappa shape index (κ2) is 18.4. The van der Waals surface area contributed by atoms with Gasteiger partial charge >= 0.3 is 0 Å². The number of hydrogen-bond acceptors (Lipinski definition) is 12. The summed E-state index contributed by atoms with van der Waals surface area (Å²) >= 11 is 0. The average Bonchev–Trinajstić information content (AvgIpc) is 3.72. The van der Waals surface area contributed by atoms with Crippen LogP contribution in [-0.4, -0.2) is 143 Å². The van der Waals surface area contributed by atoms with Crippen LogP contribution in [0.2, 0.25) is 0 Å². The van der Waals surface area contributed by atoms with Crippen molar-refractivity contribution in [1.82, 2.24) is 40.4 Å². The molecular formula is C49H72N10O5. The summed E-state index contributed by atoms with van der Waals surface area (Å²) in [5.74, 6) is 3.12. The number of H-pyrrole nitrogens is 1. The van der Waals surface area contributed by atoms with Gasteiger partial charge < -0.3 is 29.5 Å². The van der Waals surface area contributed by atoms with Crippen LogP contribution < -0.4 is 25.0 Å². The highest BCUT2D eigenvalue weighted by atomic mass is 16.5. The second-order valence-corrected chi connectivity index (χ2v) is 19.3. The molecule has 7 heterocycles. The number of hydrogen-bond donors (Lipinski definition) is 3. The highest BCUT2D eigenvalue weighted by molar-refractivity contribution is 6.06. The first-order valence-corrected chi connectivity index (χ1v) is 24.0. The van der Waals surface area contributed by atoms with E-state index >= 15 is 0 Å². The van der Waals surface area contributed by atoms with Gasteiger partial charge in [-0.05, 0) is 108 Å². The van der Waals surface area contributed by atoms with Gasteiger partial charge in [-0.25, -0.2) is 4.99 Å². The van der Waals surface area contributed by atoms with Crippen LogP contribution >= 0.6 is 0 Å². The van der Waals surface area contributed by atoms with Gasteiger partial charge in [-0.15, -0.1) is 0 Å². The molecule has 3 amide bonds. The molecular weight excluding hydrogens is 809 g/mol. The molecule has 0 spiro atoms. The molecule has 0 bridgehead atoms. The number of amides is 3. The van der Waals surface area contributed by atoms with Crippen LogP contribution in [0.15, 0.2) is 41.4 Å². The Morgan fingerprint density at radius 1 is 0.891 bits per heavy atom. The number of aromatic amines is 1. The first kappa shape index (κ1) is 44.1. The lowest BCUT2D eigenvalue weighted by Gasteiger charge is -2.48. The van der Waals surface area contributed by atoms with E-state index in [1.165, 1.54) is 12.8 Å². The Morgan fingerprint density at radius 2 is 1.59 bits per heavy atom. The second-order valence-electron chi connectivity index (χ2n) is 19.3. The van der Waals surface area contributed by atoms with Gasteiger partial charge in [0.25, 0.3) is 5.91 Å². The molecule has 3 aromatic rings. The van der Waals surface area contributed by atoms with Gasteiger partial charge in [0, 0.05) is 96.3 Å². The summed E-state index contributed by atoms with van der Waals surface area (Å²) in [4.78, 5) is 54.6. The number of piperidine rings is 3. The largest absolute Gasteiger partial charge is 0.494 e. The number of rotatable bonds is 10. The summed E-state index contributed by atoms with van der Waals surface area (Å²) in [6.07, 6.45) is 9.51. The number of methoxy groups -OCH3 is 1. The molecule has 0 radical (unpaired) electrons. The van der Waals surface area contributed by atoms with Gasteiger partial charge in [0.1, 0.15) is 41.3 Å². The number of carbonyl (C=O) groups excluding carboxylic acids is 3. The standard InChI is InChI=1S/C47H62N10O5.C2H6.2H2/c1-29-23-53(25-31-13-19-55(20-14-31)41-22-38(48-28-49-41)43-35-21-33(62-47(3)15-16-47)5-7-37(35)51-52-43)24-30(2)56(29)26-32-11-17-54(18-12-32)39-8-6-34-36(44(39)61-4)27-57(46(34)60)40-9-10-42(58)50-45(40)59;1-2;;/h5-8,21-22,29-32,40,48H,9-20,23-28H2,1-4H3,(H,51,52)(H,50,58,59);1-2H3;2*1H/t29-,30+,40?;;;. The molecule has 4 saturated heterocycles. The Balaban J connectivity index is 0.00000160. The normalized spacial score (nSPS) is 25.6. The number of fused-ring (bicyclic) bond motifs is 2. The van der Waals surface area contributed by atoms with E-state index in [1.54, 1.807) is 12.0 Å². The molecule has 1 aliphatic carbocycles. The number of anilines is 1. The van der Waals surface area contributed by atoms with Crippen molar-refractivity contribution in [2.45, 2.75) is 116 Å². The molecule has 1 saturated carbocycles. The first-order chi connectivity index (χ1) is 31.0. The Bertz CT molecular complexity index is 2290. The molecule has 2 aromatic carbocycles. The van der Waals surface area contributed by atoms with Gasteiger partial charge in [-0.1, -0.05) is 13.8 Å². The van der Waals surface area contributed by atoms with Crippen LogP contribution in [-0.2, 0) is 16.1 Å². The number of carbonyl (C=O) groups is 3. The van der Waals surface area contributed by atoms with Crippen molar-refractivity contribution in [1.29, 1.82) is 0 Å². The molecule has 15 nitrogen and oxygen atoms in total. The number of piperazine rings is 1. The topological polar surface area (TPSA) is 151 Å². The SMILES string of the molecule is CC.COc1c(N2CCC(CN3[C@H](C)CN(CC4CCN(C5=NCNC(c6n[nH]c7ccc(OC8(C)CC8)cc67)=C5)CC4)C[C@@H]3C)CC2)ccc2c1CN(C1CCC(=O)NC1=O)C2=O.[HH].[HH]. The fourth-order valence-corrected chi connectivity index (χ4v) is 11.0. The number of aliphatic imine (C=N–C) groups is 1. The van der Waals surface area contributed by atoms with Crippen LogP contribution in [0.1, 0.15) is 110 Å². The maximum Gasteiger partial charge on any atom is 0.255 e. The molecule has 15 heteroatoms. The smallest absolute Gasteiger partial charge is 0.255 e. The van der Waals surface area contributed by atoms with Gasteiger partial charge in [0.2, 0.25) is 11.8 Å². The summed E-state index contributed by atoms with van der Waals surface area (Å²) < 4.78 is 12.2. The Labute approximate surface area is 380 Å². The third-order valence-corrected chi connectivity index (χ3v) is 14.8. The van der Waals surface area contributed by atoms with E-state index in [1.807, 2.05) is 32.0 Å². The molecule has 3 N–H and O–H groups in total. The third-order valence-electron chi connectivity index (χ3n) is 14.8. The van der Waals surface area contributed by atoms with Crippen molar-refractivity contribution in [3.63, 3.8) is 0 Å². The van der Waals surface area contributed by atoms with Crippen molar-refractivity contribution in [3.8, 4) is 11.5 Å². The lowest BCUT2D eigenvalue weighted by molar-refractivity contribution is -0.136. The minimum Gasteiger partial charge on any atom is -0.494 e. The Kier molecular flexibility index (Phi) is 12.7. The van der Waals surface area contributed by atoms with E-state index in [9.17, 15) is 14.4 Å². The average molecular weight is 881 g/mol. The number of likely N-dealkylation sites (tertiary alicyclic amines) is 1. The van der Waals surface area contributed by atoms with E-state index in [4.69, 9.17) is 19.6 Å². The van der Waals surface area contributed by atoms with Gasteiger partial charge in [0.05, 0.1) is 30.6 Å². The number of ether oxygens (including phenoxy) is 2. The Morgan fingerprint density at radius 3 is 2.28 bits per heavy atom. The van der Waals surface area contributed by atoms with Crippen LogP contribution in [0.4, 0.5) is 5.69 Å². The van der Waals surface area contributed by atoms with Crippen LogP contribution in [0, 0.1) is 11.8 Å². The van der Waals surface area contributed by atoms with E-state index in [0.717, 1.165) is 129 Å². The minimum atomic E-state index is -0.643. The number of amidine groups is 1. The zero-order chi connectivity index (χ0) is 44.7. The van der Waals surface area contributed by atoms with E-state index in [2.05, 4.69) is 74.3 Å². The van der Waals surface area contributed by atoms with Gasteiger partial charge in [-0.2, -0.15) is 5.10 Å². The molecule has 64 heavy (non-hydrogen) atoms. The van der Waals surface area contributed by atoms with E-state index in [0.29, 0.717) is 49.1 Å². The lowest BCUT2D eigenvalue weighted by Crippen LogP contribution is -2.59. The quantitative estimate of drug-likeness (QED) is 0.203. The lowest BCUT2D eigenvalue weighted by atomic mass is 9.92. The third kappa shape index (κ3) is 8.94. The fraction of sp³-hybridized carbons (Fsp3) is 0.612. The van der Waals surface area contributed by atoms with Crippen LogP contribution in [0.25, 0.3) is 16.6 Å². The maximum absolute atomic E-state index is 13.4. The predicted molar refractivity (Wildman–Crippen MR) is 254 cm³/mol. The summed E-state index contributed by atoms with van der Waals surface area (Å²) in [6, 6.07) is 10.5. The zero-order valence-electron chi connectivity index (χ0n) is 38.8. The van der Waals surface area contributed by atoms with Crippen LogP contribution in [0.3, 0.4) is 0 Å². The molecule has 5 fully saturated rings. The zero-order valence-corrected chi connectivity index (χ0v) is 38.8. The van der Waals surface area contributed by atoms with Gasteiger partial charge in [0.15, 0.2) is 0 Å². The highest BCUT2D eigenvalue weighted by Crippen LogP contribution is 2.42. The molecule has 1 unspecified atom stereocenters. The molecule has 1 aromatic heterocycles. The van der Waals surface area contributed by atoms with Crippen LogP contribution in [0.5, 0.6) is 11.5 Å². The number of nitrogens with one attached hydrogen (secondary N) is 3. The summed E-state index contributed by atoms with van der Waals surface area (Å²) in [5.41, 5.74) is 5.32. The molecule has 3 atom stereocenters. The molecule has 6 aliphatic heterocycles. The number of nitrogens with zero attached hydrogens (tertiary/aromatic N) is 7.